The third kappa shape index (κ3) is 3.00. The SMILES string of the molecule is CNC(O)c1nc(NC(=O)c2nsc3ccccc23)c2n1CC(=O)NC21C(=O)Nc2ccccc21. The number of aliphatic hydroxyl groups excluding tert-OH is 1. The van der Waals surface area contributed by atoms with E-state index >= 15 is 0 Å². The molecule has 11 nitrogen and oxygen atoms in total. The van der Waals surface area contributed by atoms with Gasteiger partial charge in [-0.3, -0.25) is 19.7 Å². The number of nitrogens with zero attached hydrogens (tertiary/aromatic N) is 3. The van der Waals surface area contributed by atoms with E-state index in [0.717, 1.165) is 4.70 Å². The van der Waals surface area contributed by atoms with Crippen LogP contribution in [-0.2, 0) is 21.7 Å². The molecule has 2 unspecified atom stereocenters. The molecule has 5 N–H and O–H groups in total. The van der Waals surface area contributed by atoms with Crippen molar-refractivity contribution in [2.75, 3.05) is 17.7 Å². The molecule has 0 aliphatic carbocycles. The number of aromatic nitrogens is 3. The van der Waals surface area contributed by atoms with Crippen LogP contribution in [0.1, 0.15) is 33.8 Å². The molecule has 4 heterocycles. The zero-order chi connectivity index (χ0) is 24.3. The summed E-state index contributed by atoms with van der Waals surface area (Å²) >= 11 is 1.20. The Labute approximate surface area is 202 Å². The molecule has 4 aromatic rings. The van der Waals surface area contributed by atoms with Gasteiger partial charge in [0, 0.05) is 16.6 Å². The van der Waals surface area contributed by atoms with Gasteiger partial charge < -0.3 is 25.6 Å². The Morgan fingerprint density at radius 1 is 1.20 bits per heavy atom. The van der Waals surface area contributed by atoms with E-state index < -0.39 is 29.5 Å². The van der Waals surface area contributed by atoms with Crippen molar-refractivity contribution in [2.24, 2.45) is 0 Å². The van der Waals surface area contributed by atoms with Crippen molar-refractivity contribution < 1.29 is 19.5 Å². The Bertz CT molecular complexity index is 1540. The van der Waals surface area contributed by atoms with Crippen LogP contribution in [0.3, 0.4) is 0 Å². The van der Waals surface area contributed by atoms with Crippen molar-refractivity contribution >= 4 is 50.8 Å². The largest absolute Gasteiger partial charge is 0.371 e. The van der Waals surface area contributed by atoms with E-state index in [-0.39, 0.29) is 29.6 Å². The number of hydrogen-bond donors (Lipinski definition) is 5. The van der Waals surface area contributed by atoms with Crippen molar-refractivity contribution in [1.82, 2.24) is 24.6 Å². The van der Waals surface area contributed by atoms with Crippen LogP contribution < -0.4 is 21.3 Å². The number of benzene rings is 2. The lowest BCUT2D eigenvalue weighted by atomic mass is 9.85. The highest BCUT2D eigenvalue weighted by atomic mass is 32.1. The molecule has 6 rings (SSSR count). The van der Waals surface area contributed by atoms with Crippen molar-refractivity contribution in [3.05, 3.63) is 71.3 Å². The minimum Gasteiger partial charge on any atom is -0.371 e. The van der Waals surface area contributed by atoms with Gasteiger partial charge in [-0.2, -0.15) is 4.37 Å². The van der Waals surface area contributed by atoms with Crippen molar-refractivity contribution in [2.45, 2.75) is 18.3 Å². The lowest BCUT2D eigenvalue weighted by molar-refractivity contribution is -0.131. The first-order valence-corrected chi connectivity index (χ1v) is 11.6. The molecule has 176 valence electrons. The van der Waals surface area contributed by atoms with E-state index in [1.165, 1.54) is 23.1 Å². The van der Waals surface area contributed by atoms with Gasteiger partial charge in [0.1, 0.15) is 17.9 Å². The Morgan fingerprint density at radius 2 is 1.97 bits per heavy atom. The van der Waals surface area contributed by atoms with E-state index in [1.807, 2.05) is 18.2 Å². The van der Waals surface area contributed by atoms with Crippen LogP contribution in [0.15, 0.2) is 48.5 Å². The highest BCUT2D eigenvalue weighted by Gasteiger charge is 2.56. The fourth-order valence-electron chi connectivity index (χ4n) is 4.72. The lowest BCUT2D eigenvalue weighted by Gasteiger charge is -2.35. The fraction of sp³-hybridized carbons (Fsp3) is 0.174. The van der Waals surface area contributed by atoms with Crippen molar-refractivity contribution in [3.8, 4) is 0 Å². The van der Waals surface area contributed by atoms with Gasteiger partial charge in [-0.1, -0.05) is 36.4 Å². The monoisotopic (exact) mass is 489 g/mol. The smallest absolute Gasteiger partial charge is 0.277 e. The molecule has 0 saturated heterocycles. The summed E-state index contributed by atoms with van der Waals surface area (Å²) in [6.45, 7) is -0.191. The second kappa shape index (κ2) is 7.70. The zero-order valence-corrected chi connectivity index (χ0v) is 19.1. The average molecular weight is 490 g/mol. The molecular weight excluding hydrogens is 470 g/mol. The summed E-state index contributed by atoms with van der Waals surface area (Å²) in [5.74, 6) is -1.31. The lowest BCUT2D eigenvalue weighted by Crippen LogP contribution is -2.57. The van der Waals surface area contributed by atoms with Gasteiger partial charge in [0.2, 0.25) is 5.91 Å². The highest BCUT2D eigenvalue weighted by Crippen LogP contribution is 2.45. The number of nitrogens with one attached hydrogen (secondary N) is 4. The summed E-state index contributed by atoms with van der Waals surface area (Å²) < 4.78 is 6.62. The third-order valence-corrected chi connectivity index (χ3v) is 7.07. The molecule has 1 spiro atoms. The summed E-state index contributed by atoms with van der Waals surface area (Å²) in [5, 5.41) is 22.4. The van der Waals surface area contributed by atoms with Crippen molar-refractivity contribution in [1.29, 1.82) is 0 Å². The molecule has 35 heavy (non-hydrogen) atoms. The number of hydrogen-bond acceptors (Lipinski definition) is 8. The summed E-state index contributed by atoms with van der Waals surface area (Å²) in [4.78, 5) is 44.1. The van der Waals surface area contributed by atoms with Crippen LogP contribution in [0.2, 0.25) is 0 Å². The Balaban J connectivity index is 1.55. The molecular formula is C23H19N7O4S. The number of carbonyl (C=O) groups is 3. The predicted octanol–water partition coefficient (Wildman–Crippen LogP) is 1.28. The topological polar surface area (TPSA) is 150 Å². The van der Waals surface area contributed by atoms with Crippen LogP contribution in [0.25, 0.3) is 10.1 Å². The van der Waals surface area contributed by atoms with Crippen molar-refractivity contribution in [3.63, 3.8) is 0 Å². The van der Waals surface area contributed by atoms with Gasteiger partial charge >= 0.3 is 0 Å². The minimum absolute atomic E-state index is 0.0447. The number of para-hydroxylation sites is 1. The maximum absolute atomic E-state index is 13.4. The normalized spacial score (nSPS) is 19.3. The molecule has 2 aromatic heterocycles. The molecule has 12 heteroatoms. The first-order chi connectivity index (χ1) is 16.9. The molecule has 2 aliphatic rings. The third-order valence-electron chi connectivity index (χ3n) is 6.24. The molecule has 2 atom stereocenters. The second-order valence-corrected chi connectivity index (χ2v) is 9.03. The summed E-state index contributed by atoms with van der Waals surface area (Å²) in [6, 6.07) is 14.3. The number of anilines is 2. The van der Waals surface area contributed by atoms with Gasteiger partial charge in [0.15, 0.2) is 23.4 Å². The zero-order valence-electron chi connectivity index (χ0n) is 18.3. The molecule has 0 radical (unpaired) electrons. The summed E-state index contributed by atoms with van der Waals surface area (Å²) in [5.41, 5.74) is -0.132. The fourth-order valence-corrected chi connectivity index (χ4v) is 5.49. The van der Waals surface area contributed by atoms with Crippen LogP contribution in [0, 0.1) is 0 Å². The maximum Gasteiger partial charge on any atom is 0.277 e. The maximum atomic E-state index is 13.4. The first kappa shape index (κ1) is 21.4. The Kier molecular flexibility index (Phi) is 4.71. The molecule has 0 saturated carbocycles. The second-order valence-electron chi connectivity index (χ2n) is 8.22. The number of amides is 3. The van der Waals surface area contributed by atoms with E-state index in [0.29, 0.717) is 16.6 Å². The summed E-state index contributed by atoms with van der Waals surface area (Å²) in [6.07, 6.45) is -1.25. The predicted molar refractivity (Wildman–Crippen MR) is 128 cm³/mol. The van der Waals surface area contributed by atoms with E-state index in [1.54, 1.807) is 30.3 Å². The minimum atomic E-state index is -1.64. The number of fused-ring (bicyclic) bond motifs is 5. The highest BCUT2D eigenvalue weighted by molar-refractivity contribution is 7.13. The number of aliphatic hydroxyl groups is 1. The molecule has 2 aliphatic heterocycles. The number of carbonyl (C=O) groups excluding carboxylic acids is 3. The van der Waals surface area contributed by atoms with Crippen LogP contribution in [-0.4, -0.2) is 43.8 Å². The molecule has 3 amide bonds. The van der Waals surface area contributed by atoms with Crippen LogP contribution in [0.5, 0.6) is 0 Å². The van der Waals surface area contributed by atoms with Gasteiger partial charge in [0.25, 0.3) is 11.8 Å². The van der Waals surface area contributed by atoms with E-state index in [2.05, 4.69) is 30.6 Å². The average Bonchev–Trinajstić information content (AvgIpc) is 3.52. The quantitative estimate of drug-likeness (QED) is 0.271. The Morgan fingerprint density at radius 3 is 2.80 bits per heavy atom. The number of imidazole rings is 1. The van der Waals surface area contributed by atoms with E-state index in [4.69, 9.17) is 0 Å². The van der Waals surface area contributed by atoms with E-state index in [9.17, 15) is 19.5 Å². The molecule has 2 aromatic carbocycles. The van der Waals surface area contributed by atoms with Gasteiger partial charge in [0.05, 0.1) is 4.70 Å². The number of rotatable bonds is 4. The Hall–Kier alpha value is -4.13. The van der Waals surface area contributed by atoms with Gasteiger partial charge in [-0.05, 0) is 30.7 Å². The van der Waals surface area contributed by atoms with Crippen LogP contribution >= 0.6 is 11.5 Å². The van der Waals surface area contributed by atoms with Gasteiger partial charge in [-0.25, -0.2) is 4.98 Å². The molecule has 0 bridgehead atoms. The van der Waals surface area contributed by atoms with Gasteiger partial charge in [-0.15, -0.1) is 0 Å². The first-order valence-electron chi connectivity index (χ1n) is 10.8. The van der Waals surface area contributed by atoms with Crippen LogP contribution in [0.4, 0.5) is 11.5 Å². The molecule has 0 fully saturated rings. The summed E-state index contributed by atoms with van der Waals surface area (Å²) in [7, 11) is 1.53. The standard InChI is InChI=1S/C23H19N7O4S/c1-24-21(33)19-26-18(27-20(32)16-11-6-2-5-9-14(11)35-29-16)17-23(28-15(31)10-30(17)19)12-7-3-4-8-13(12)25-22(23)34/h2-9,21,24,33H,10H2,1H3,(H,25,34)(H,27,32)(H,28,31).